The molecule has 4 fully saturated rings. The molecule has 0 unspecified atom stereocenters. The monoisotopic (exact) mass is 353 g/mol. The fraction of sp³-hybridized carbons (Fsp3) is 0.636. The molecule has 1 amide bonds. The lowest BCUT2D eigenvalue weighted by atomic mass is 9.49. The lowest BCUT2D eigenvalue weighted by Crippen LogP contribution is -2.52. The molecule has 140 valence electrons. The van der Waals surface area contributed by atoms with Gasteiger partial charge < -0.3 is 4.90 Å². The summed E-state index contributed by atoms with van der Waals surface area (Å²) in [6.45, 7) is 6.34. The Labute approximate surface area is 157 Å². The highest BCUT2D eigenvalue weighted by Gasteiger charge is 2.54. The predicted octanol–water partition coefficient (Wildman–Crippen LogP) is 4.20. The smallest absolute Gasteiger partial charge is 0.246 e. The van der Waals surface area contributed by atoms with E-state index in [4.69, 9.17) is 0 Å². The van der Waals surface area contributed by atoms with Gasteiger partial charge in [-0.1, -0.05) is 12.1 Å². The van der Waals surface area contributed by atoms with Gasteiger partial charge in [0.05, 0.1) is 11.6 Å². The van der Waals surface area contributed by atoms with E-state index in [-0.39, 0.29) is 11.3 Å². The zero-order chi connectivity index (χ0) is 18.1. The predicted molar refractivity (Wildman–Crippen MR) is 106 cm³/mol. The summed E-state index contributed by atoms with van der Waals surface area (Å²) in [5, 5.41) is 4.28. The molecule has 4 aliphatic rings. The van der Waals surface area contributed by atoms with Gasteiger partial charge in [0.2, 0.25) is 5.91 Å². The van der Waals surface area contributed by atoms with Crippen LogP contribution in [-0.2, 0) is 4.79 Å². The maximum absolute atomic E-state index is 12.9. The second-order valence-corrected chi connectivity index (χ2v) is 8.66. The average molecular weight is 354 g/mol. The molecule has 4 nitrogen and oxygen atoms in total. The van der Waals surface area contributed by atoms with E-state index in [1.807, 2.05) is 0 Å². The van der Waals surface area contributed by atoms with Gasteiger partial charge in [-0.25, -0.2) is 5.43 Å². The second kappa shape index (κ2) is 7.05. The summed E-state index contributed by atoms with van der Waals surface area (Å²) in [6.07, 6.45) is 9.08. The Balaban J connectivity index is 1.37. The van der Waals surface area contributed by atoms with Gasteiger partial charge in [-0.3, -0.25) is 4.79 Å². The average Bonchev–Trinajstić information content (AvgIpc) is 2.63. The quantitative estimate of drug-likeness (QED) is 0.615. The van der Waals surface area contributed by atoms with E-state index in [0.29, 0.717) is 0 Å². The normalized spacial score (nSPS) is 32.2. The lowest BCUT2D eigenvalue weighted by Gasteiger charge is -2.55. The lowest BCUT2D eigenvalue weighted by molar-refractivity contribution is -0.146. The Morgan fingerprint density at radius 1 is 1.08 bits per heavy atom. The molecule has 4 bridgehead atoms. The minimum Gasteiger partial charge on any atom is -0.372 e. The van der Waals surface area contributed by atoms with Crippen LogP contribution in [-0.4, -0.2) is 25.2 Å². The van der Waals surface area contributed by atoms with E-state index >= 15 is 0 Å². The Hall–Kier alpha value is -1.84. The van der Waals surface area contributed by atoms with Gasteiger partial charge in [0.15, 0.2) is 0 Å². The molecule has 5 rings (SSSR count). The molecule has 0 atom stereocenters. The van der Waals surface area contributed by atoms with Crippen molar-refractivity contribution in [1.29, 1.82) is 0 Å². The zero-order valence-corrected chi connectivity index (χ0v) is 16.1. The molecule has 0 aliphatic heterocycles. The summed E-state index contributed by atoms with van der Waals surface area (Å²) in [5.41, 5.74) is 4.99. The van der Waals surface area contributed by atoms with Gasteiger partial charge in [0.25, 0.3) is 0 Å². The van der Waals surface area contributed by atoms with Crippen LogP contribution in [0.5, 0.6) is 0 Å². The first-order valence-corrected chi connectivity index (χ1v) is 10.3. The van der Waals surface area contributed by atoms with Crippen LogP contribution in [0.1, 0.15) is 57.9 Å². The summed E-state index contributed by atoms with van der Waals surface area (Å²) in [4.78, 5) is 15.2. The number of carbonyl (C=O) groups excluding carboxylic acids is 1. The molecule has 0 heterocycles. The van der Waals surface area contributed by atoms with Gasteiger partial charge in [-0.15, -0.1) is 0 Å². The Bertz CT molecular complexity index is 640. The van der Waals surface area contributed by atoms with Gasteiger partial charge in [-0.05, 0) is 87.8 Å². The number of amides is 1. The molecule has 4 saturated carbocycles. The highest BCUT2D eigenvalue weighted by atomic mass is 16.2. The fourth-order valence-electron chi connectivity index (χ4n) is 6.03. The highest BCUT2D eigenvalue weighted by Crippen LogP contribution is 2.60. The number of hydrogen-bond donors (Lipinski definition) is 1. The van der Waals surface area contributed by atoms with Crippen molar-refractivity contribution in [1.82, 2.24) is 5.43 Å². The summed E-state index contributed by atoms with van der Waals surface area (Å²) in [6, 6.07) is 8.37. The van der Waals surface area contributed by atoms with Crippen LogP contribution in [0.3, 0.4) is 0 Å². The van der Waals surface area contributed by atoms with Crippen molar-refractivity contribution in [3.8, 4) is 0 Å². The summed E-state index contributed by atoms with van der Waals surface area (Å²) >= 11 is 0. The molecule has 4 aliphatic carbocycles. The van der Waals surface area contributed by atoms with Crippen molar-refractivity contribution < 1.29 is 4.79 Å². The maximum Gasteiger partial charge on any atom is 0.246 e. The second-order valence-electron chi connectivity index (χ2n) is 8.66. The first-order valence-electron chi connectivity index (χ1n) is 10.3. The number of nitrogens with one attached hydrogen (secondary N) is 1. The van der Waals surface area contributed by atoms with Crippen molar-refractivity contribution >= 4 is 17.8 Å². The zero-order valence-electron chi connectivity index (χ0n) is 16.1. The number of benzene rings is 1. The molecule has 1 aromatic rings. The van der Waals surface area contributed by atoms with E-state index in [1.165, 1.54) is 24.9 Å². The van der Waals surface area contributed by atoms with Crippen molar-refractivity contribution in [2.45, 2.75) is 52.4 Å². The van der Waals surface area contributed by atoms with Crippen molar-refractivity contribution in [3.63, 3.8) is 0 Å². The van der Waals surface area contributed by atoms with Crippen LogP contribution < -0.4 is 10.3 Å². The van der Waals surface area contributed by atoms with E-state index < -0.39 is 0 Å². The van der Waals surface area contributed by atoms with E-state index in [9.17, 15) is 4.79 Å². The van der Waals surface area contributed by atoms with Crippen LogP contribution in [0.2, 0.25) is 0 Å². The van der Waals surface area contributed by atoms with E-state index in [0.717, 1.165) is 55.7 Å². The Kier molecular flexibility index (Phi) is 4.76. The first-order chi connectivity index (χ1) is 12.6. The molecule has 0 radical (unpaired) electrons. The van der Waals surface area contributed by atoms with Crippen LogP contribution in [0, 0.1) is 23.2 Å². The molecule has 1 aromatic carbocycles. The number of rotatable bonds is 6. The standard InChI is InChI=1S/C22H31N3O/c1-3-25(4-2)20-7-5-16(6-8-20)15-23-24-21(26)22-12-17-9-18(13-22)11-19(10-17)14-22/h5-8,15,17-19H,3-4,9-14H2,1-2H3,(H,24,26)/b23-15+. The van der Waals surface area contributed by atoms with Crippen molar-refractivity contribution in [3.05, 3.63) is 29.8 Å². The van der Waals surface area contributed by atoms with Crippen LogP contribution in [0.25, 0.3) is 0 Å². The SMILES string of the molecule is CCN(CC)c1ccc(/C=N/NC(=O)C23CC4CC(CC(C4)C2)C3)cc1. The van der Waals surface area contributed by atoms with Crippen LogP contribution in [0.4, 0.5) is 5.69 Å². The van der Waals surface area contributed by atoms with E-state index in [1.54, 1.807) is 6.21 Å². The van der Waals surface area contributed by atoms with Crippen molar-refractivity contribution in [2.75, 3.05) is 18.0 Å². The Morgan fingerprint density at radius 2 is 1.62 bits per heavy atom. The van der Waals surface area contributed by atoms with Crippen LogP contribution >= 0.6 is 0 Å². The van der Waals surface area contributed by atoms with Gasteiger partial charge in [0.1, 0.15) is 0 Å². The van der Waals surface area contributed by atoms with Crippen LogP contribution in [0.15, 0.2) is 29.4 Å². The highest BCUT2D eigenvalue weighted by molar-refractivity contribution is 5.86. The van der Waals surface area contributed by atoms with Gasteiger partial charge >= 0.3 is 0 Å². The molecule has 26 heavy (non-hydrogen) atoms. The molecule has 0 aromatic heterocycles. The minimum atomic E-state index is -0.126. The number of hydrazone groups is 1. The maximum atomic E-state index is 12.9. The molecule has 0 spiro atoms. The molecular formula is C22H31N3O. The fourth-order valence-corrected chi connectivity index (χ4v) is 6.03. The van der Waals surface area contributed by atoms with Crippen molar-refractivity contribution in [2.24, 2.45) is 28.3 Å². The summed E-state index contributed by atoms with van der Waals surface area (Å²) in [7, 11) is 0. The molecular weight excluding hydrogens is 322 g/mol. The molecule has 4 heteroatoms. The third kappa shape index (κ3) is 3.26. The number of nitrogens with zero attached hydrogens (tertiary/aromatic N) is 2. The van der Waals surface area contributed by atoms with Gasteiger partial charge in [-0.2, -0.15) is 5.10 Å². The number of anilines is 1. The minimum absolute atomic E-state index is 0.126. The largest absolute Gasteiger partial charge is 0.372 e. The number of hydrogen-bond acceptors (Lipinski definition) is 3. The summed E-state index contributed by atoms with van der Waals surface area (Å²) in [5.74, 6) is 2.50. The Morgan fingerprint density at radius 3 is 2.12 bits per heavy atom. The third-order valence-corrected chi connectivity index (χ3v) is 6.92. The van der Waals surface area contributed by atoms with Gasteiger partial charge in [0, 0.05) is 18.8 Å². The topological polar surface area (TPSA) is 44.7 Å². The first kappa shape index (κ1) is 17.6. The third-order valence-electron chi connectivity index (χ3n) is 6.92. The summed E-state index contributed by atoms with van der Waals surface area (Å²) < 4.78 is 0. The molecule has 1 N–H and O–H groups in total. The number of carbonyl (C=O) groups is 1. The van der Waals surface area contributed by atoms with E-state index in [2.05, 4.69) is 53.5 Å². The molecule has 0 saturated heterocycles.